The van der Waals surface area contributed by atoms with Crippen molar-refractivity contribution in [3.05, 3.63) is 77.6 Å². The summed E-state index contributed by atoms with van der Waals surface area (Å²) in [5.41, 5.74) is 4.73. The molecule has 24 heavy (non-hydrogen) atoms. The monoisotopic (exact) mass is 321 g/mol. The molecule has 2 heteroatoms. The molecule has 1 aromatic heterocycles. The van der Waals surface area contributed by atoms with E-state index in [4.69, 9.17) is 4.42 Å². The molecule has 0 atom stereocenters. The van der Waals surface area contributed by atoms with Crippen LogP contribution in [0.3, 0.4) is 0 Å². The molecule has 0 saturated carbocycles. The first-order valence-corrected chi connectivity index (χ1v) is 8.59. The summed E-state index contributed by atoms with van der Waals surface area (Å²) in [6.07, 6.45) is 6.24. The molecule has 2 aromatic carbocycles. The summed E-state index contributed by atoms with van der Waals surface area (Å²) in [5, 5.41) is 1.21. The molecule has 2 nitrogen and oxygen atoms in total. The normalized spacial score (nSPS) is 11.0. The largest absolute Gasteiger partial charge is 0.464 e. The SMILES string of the molecule is CC.Cc1ccc(/C=C/CN(C)Cc2coc3ccccc23)cc1. The molecule has 1 heterocycles. The molecule has 0 saturated heterocycles. The lowest BCUT2D eigenvalue weighted by Gasteiger charge is -2.13. The number of benzene rings is 2. The lowest BCUT2D eigenvalue weighted by atomic mass is 10.1. The first-order chi connectivity index (χ1) is 11.7. The first-order valence-electron chi connectivity index (χ1n) is 8.59. The maximum absolute atomic E-state index is 5.59. The van der Waals surface area contributed by atoms with Crippen LogP contribution in [0.2, 0.25) is 0 Å². The Hall–Kier alpha value is -2.32. The highest BCUT2D eigenvalue weighted by atomic mass is 16.3. The Labute approximate surface area is 145 Å². The predicted octanol–water partition coefficient (Wildman–Crippen LogP) is 5.91. The minimum atomic E-state index is 0.884. The minimum Gasteiger partial charge on any atom is -0.464 e. The topological polar surface area (TPSA) is 16.4 Å². The maximum Gasteiger partial charge on any atom is 0.134 e. The summed E-state index contributed by atoms with van der Waals surface area (Å²) in [7, 11) is 2.13. The second-order valence-corrected chi connectivity index (χ2v) is 5.77. The number of hydrogen-bond donors (Lipinski definition) is 0. The minimum absolute atomic E-state index is 0.884. The van der Waals surface area contributed by atoms with Gasteiger partial charge >= 0.3 is 0 Å². The van der Waals surface area contributed by atoms with Gasteiger partial charge in [0.25, 0.3) is 0 Å². The van der Waals surface area contributed by atoms with Crippen LogP contribution in [0.15, 0.2) is 65.3 Å². The average molecular weight is 321 g/mol. The third-order valence-electron chi connectivity index (χ3n) is 3.81. The first kappa shape index (κ1) is 18.0. The number of rotatable bonds is 5. The molecular weight excluding hydrogens is 294 g/mol. The Morgan fingerprint density at radius 3 is 2.46 bits per heavy atom. The van der Waals surface area contributed by atoms with Gasteiger partial charge in [0.1, 0.15) is 5.58 Å². The van der Waals surface area contributed by atoms with Crippen molar-refractivity contribution >= 4 is 17.0 Å². The molecule has 0 amide bonds. The van der Waals surface area contributed by atoms with Crippen LogP contribution in [0.4, 0.5) is 0 Å². The zero-order valence-corrected chi connectivity index (χ0v) is 15.1. The van der Waals surface area contributed by atoms with Crippen molar-refractivity contribution in [3.63, 3.8) is 0 Å². The van der Waals surface area contributed by atoms with Crippen LogP contribution in [-0.2, 0) is 6.54 Å². The van der Waals surface area contributed by atoms with Gasteiger partial charge in [0.05, 0.1) is 6.26 Å². The Bertz CT molecular complexity index is 768. The number of nitrogens with zero attached hydrogens (tertiary/aromatic N) is 1. The molecule has 0 unspecified atom stereocenters. The van der Waals surface area contributed by atoms with Crippen LogP contribution in [0, 0.1) is 6.92 Å². The van der Waals surface area contributed by atoms with E-state index in [2.05, 4.69) is 67.4 Å². The van der Waals surface area contributed by atoms with Crippen LogP contribution in [-0.4, -0.2) is 18.5 Å². The second kappa shape index (κ2) is 9.09. The van der Waals surface area contributed by atoms with Gasteiger partial charge in [0.15, 0.2) is 0 Å². The molecule has 3 aromatic rings. The average Bonchev–Trinajstić information content (AvgIpc) is 3.02. The Morgan fingerprint density at radius 2 is 1.71 bits per heavy atom. The van der Waals surface area contributed by atoms with E-state index in [0.29, 0.717) is 0 Å². The third-order valence-corrected chi connectivity index (χ3v) is 3.81. The number of aryl methyl sites for hydroxylation is 1. The van der Waals surface area contributed by atoms with Gasteiger partial charge in [-0.25, -0.2) is 0 Å². The molecule has 0 radical (unpaired) electrons. The van der Waals surface area contributed by atoms with Crippen LogP contribution in [0.5, 0.6) is 0 Å². The zero-order chi connectivity index (χ0) is 17.4. The molecule has 0 N–H and O–H groups in total. The number of furan rings is 1. The molecule has 0 fully saturated rings. The number of likely N-dealkylation sites (N-methyl/N-ethyl adjacent to an activating group) is 1. The molecule has 0 aliphatic rings. The van der Waals surface area contributed by atoms with E-state index in [-0.39, 0.29) is 0 Å². The van der Waals surface area contributed by atoms with Gasteiger partial charge in [-0.2, -0.15) is 0 Å². The van der Waals surface area contributed by atoms with E-state index in [0.717, 1.165) is 18.7 Å². The van der Waals surface area contributed by atoms with E-state index < -0.39 is 0 Å². The van der Waals surface area contributed by atoms with Gasteiger partial charge in [0.2, 0.25) is 0 Å². The highest BCUT2D eigenvalue weighted by Crippen LogP contribution is 2.21. The fraction of sp³-hybridized carbons (Fsp3) is 0.273. The van der Waals surface area contributed by atoms with Gasteiger partial charge in [-0.15, -0.1) is 0 Å². The Morgan fingerprint density at radius 1 is 1.00 bits per heavy atom. The van der Waals surface area contributed by atoms with Crippen molar-refractivity contribution in [3.8, 4) is 0 Å². The van der Waals surface area contributed by atoms with Gasteiger partial charge in [-0.1, -0.05) is 74.0 Å². The molecule has 126 valence electrons. The maximum atomic E-state index is 5.59. The summed E-state index contributed by atoms with van der Waals surface area (Å²) in [6.45, 7) is 7.90. The Balaban J connectivity index is 0.00000100. The molecule has 0 aliphatic carbocycles. The summed E-state index contributed by atoms with van der Waals surface area (Å²) in [6, 6.07) is 16.8. The van der Waals surface area contributed by atoms with E-state index in [1.807, 2.05) is 32.2 Å². The van der Waals surface area contributed by atoms with E-state index in [9.17, 15) is 0 Å². The summed E-state index contributed by atoms with van der Waals surface area (Å²) >= 11 is 0. The van der Waals surface area contributed by atoms with Crippen molar-refractivity contribution in [2.45, 2.75) is 27.3 Å². The van der Waals surface area contributed by atoms with Crippen molar-refractivity contribution in [2.24, 2.45) is 0 Å². The third kappa shape index (κ3) is 4.84. The van der Waals surface area contributed by atoms with Crippen LogP contribution in [0.25, 0.3) is 17.0 Å². The Kier molecular flexibility index (Phi) is 6.83. The summed E-state index contributed by atoms with van der Waals surface area (Å²) in [5.74, 6) is 0. The summed E-state index contributed by atoms with van der Waals surface area (Å²) in [4.78, 5) is 2.28. The standard InChI is InChI=1S/C20H21NO.C2H6/c1-16-9-11-17(12-10-16)6-5-13-21(2)14-18-15-22-20-8-4-3-7-19(18)20;1-2/h3-12,15H,13-14H2,1-2H3;1-2H3/b6-5+;. The van der Waals surface area contributed by atoms with Crippen molar-refractivity contribution in [2.75, 3.05) is 13.6 Å². The fourth-order valence-corrected chi connectivity index (χ4v) is 2.56. The van der Waals surface area contributed by atoms with Crippen LogP contribution in [0.1, 0.15) is 30.5 Å². The molecule has 0 aliphatic heterocycles. The number of hydrogen-bond acceptors (Lipinski definition) is 2. The van der Waals surface area contributed by atoms with E-state index in [1.54, 1.807) is 0 Å². The fourth-order valence-electron chi connectivity index (χ4n) is 2.56. The molecule has 3 rings (SSSR count). The highest BCUT2D eigenvalue weighted by molar-refractivity contribution is 5.80. The van der Waals surface area contributed by atoms with Gasteiger partial charge < -0.3 is 4.42 Å². The number of para-hydroxylation sites is 1. The van der Waals surface area contributed by atoms with Crippen molar-refractivity contribution in [1.82, 2.24) is 4.90 Å². The van der Waals surface area contributed by atoms with E-state index >= 15 is 0 Å². The number of fused-ring (bicyclic) bond motifs is 1. The van der Waals surface area contributed by atoms with E-state index in [1.165, 1.54) is 22.1 Å². The van der Waals surface area contributed by atoms with Gasteiger partial charge in [-0.05, 0) is 25.6 Å². The van der Waals surface area contributed by atoms with Gasteiger partial charge in [0, 0.05) is 24.0 Å². The van der Waals surface area contributed by atoms with Crippen LogP contribution >= 0.6 is 0 Å². The smallest absolute Gasteiger partial charge is 0.134 e. The molecule has 0 spiro atoms. The molecule has 0 bridgehead atoms. The predicted molar refractivity (Wildman–Crippen MR) is 104 cm³/mol. The quantitative estimate of drug-likeness (QED) is 0.580. The van der Waals surface area contributed by atoms with Crippen molar-refractivity contribution < 1.29 is 4.42 Å². The second-order valence-electron chi connectivity index (χ2n) is 5.77. The molecular formula is C22H27NO. The zero-order valence-electron chi connectivity index (χ0n) is 15.1. The lowest BCUT2D eigenvalue weighted by Crippen LogP contribution is -2.17. The van der Waals surface area contributed by atoms with Crippen LogP contribution < -0.4 is 0 Å². The summed E-state index contributed by atoms with van der Waals surface area (Å²) < 4.78 is 5.59. The van der Waals surface area contributed by atoms with Gasteiger partial charge in [-0.3, -0.25) is 4.90 Å². The van der Waals surface area contributed by atoms with Crippen molar-refractivity contribution in [1.29, 1.82) is 0 Å². The lowest BCUT2D eigenvalue weighted by molar-refractivity contribution is 0.363. The highest BCUT2D eigenvalue weighted by Gasteiger charge is 2.06.